The van der Waals surface area contributed by atoms with Crippen LogP contribution >= 0.6 is 48.4 Å². The fourth-order valence-corrected chi connectivity index (χ4v) is 3.85. The van der Waals surface area contributed by atoms with E-state index in [2.05, 4.69) is 55.0 Å². The Balaban J connectivity index is 2.52. The number of halogens is 3. The molecule has 8 heteroatoms. The highest BCUT2D eigenvalue weighted by molar-refractivity contribution is 9.09. The first-order valence-corrected chi connectivity index (χ1v) is 7.65. The smallest absolute Gasteiger partial charge is 0.246 e. The van der Waals surface area contributed by atoms with Crippen LogP contribution in [-0.4, -0.2) is 23.8 Å². The highest BCUT2D eigenvalue weighted by Crippen LogP contribution is 2.42. The Hall–Kier alpha value is -0.860. The summed E-state index contributed by atoms with van der Waals surface area (Å²) in [6.07, 6.45) is 1.72. The normalized spacial score (nSPS) is 18.5. The molecule has 0 aromatic heterocycles. The molecule has 1 aromatic rings. The van der Waals surface area contributed by atoms with Crippen molar-refractivity contribution in [2.24, 2.45) is 0 Å². The predicted octanol–water partition coefficient (Wildman–Crippen LogP) is 4.59. The maximum atomic E-state index is 12.1. The maximum absolute atomic E-state index is 12.1. The monoisotopic (exact) mass is 465 g/mol. The summed E-state index contributed by atoms with van der Waals surface area (Å²) < 4.78 is 3.40. The van der Waals surface area contributed by atoms with Gasteiger partial charge in [-0.25, -0.2) is 17.4 Å². The van der Waals surface area contributed by atoms with Crippen LogP contribution in [-0.2, 0) is 5.66 Å². The number of amides is 4. The second-order valence-corrected chi connectivity index (χ2v) is 6.38. The van der Waals surface area contributed by atoms with E-state index < -0.39 is 17.7 Å². The van der Waals surface area contributed by atoms with Crippen LogP contribution in [0.4, 0.5) is 9.59 Å². The van der Waals surface area contributed by atoms with Crippen LogP contribution in [0.25, 0.3) is 6.08 Å². The minimum atomic E-state index is -1.00. The Morgan fingerprint density at radius 3 is 1.90 bits per heavy atom. The van der Waals surface area contributed by atoms with Crippen molar-refractivity contribution < 1.29 is 9.59 Å². The van der Waals surface area contributed by atoms with Gasteiger partial charge < -0.3 is 0 Å². The highest BCUT2D eigenvalue weighted by atomic mass is 79.9. The lowest BCUT2D eigenvalue weighted by atomic mass is 9.99. The summed E-state index contributed by atoms with van der Waals surface area (Å²) in [4.78, 5) is 24.1. The van der Waals surface area contributed by atoms with Crippen LogP contribution < -0.4 is 0 Å². The van der Waals surface area contributed by atoms with E-state index in [0.29, 0.717) is 0 Å². The van der Waals surface area contributed by atoms with Crippen LogP contribution in [0.5, 0.6) is 0 Å². The molecule has 0 unspecified atom stereocenters. The van der Waals surface area contributed by atoms with Crippen LogP contribution in [0.15, 0.2) is 30.8 Å². The molecule has 1 aromatic carbocycles. The lowest BCUT2D eigenvalue weighted by Gasteiger charge is -2.47. The van der Waals surface area contributed by atoms with Gasteiger partial charge in [-0.3, -0.25) is 0 Å². The van der Waals surface area contributed by atoms with Crippen molar-refractivity contribution in [2.75, 3.05) is 0 Å². The molecule has 4 amide bonds. The molecule has 1 aliphatic heterocycles. The summed E-state index contributed by atoms with van der Waals surface area (Å²) in [5, 5.41) is 0. The van der Waals surface area contributed by atoms with Gasteiger partial charge >= 0.3 is 12.1 Å². The zero-order chi connectivity index (χ0) is 15.1. The maximum Gasteiger partial charge on any atom is 0.350 e. The Morgan fingerprint density at radius 1 is 1.05 bits per heavy atom. The summed E-state index contributed by atoms with van der Waals surface area (Å²) in [5.41, 5.74) is 0.715. The number of carbonyl (C=O) groups is 2. The molecule has 0 saturated carbocycles. The van der Waals surface area contributed by atoms with E-state index in [0.717, 1.165) is 15.1 Å². The second kappa shape index (κ2) is 5.50. The molecule has 2 rings (SSSR count). The summed E-state index contributed by atoms with van der Waals surface area (Å²) >= 11 is 9.37. The number of imide groups is 1. The highest BCUT2D eigenvalue weighted by Gasteiger charge is 2.51. The standard InChI is InChI=1S/C12H10Br3N3O2/c1-3-8-4-6-9(7-5-8)12(2)17(14)10(19)16(13)11(20)18(12)15/h3-7H,1H2,2H3. The van der Waals surface area contributed by atoms with Crippen LogP contribution in [0.3, 0.4) is 0 Å². The number of urea groups is 2. The third kappa shape index (κ3) is 2.19. The van der Waals surface area contributed by atoms with E-state index in [1.54, 1.807) is 13.0 Å². The van der Waals surface area contributed by atoms with Gasteiger partial charge in [-0.1, -0.05) is 36.9 Å². The first-order valence-electron chi connectivity index (χ1n) is 5.53. The molecule has 0 bridgehead atoms. The van der Waals surface area contributed by atoms with Gasteiger partial charge in [-0.05, 0) is 18.1 Å². The number of benzene rings is 1. The SMILES string of the molecule is C=Cc1ccc(C2(C)N(Br)C(=O)N(Br)C(=O)N2Br)cc1. The van der Waals surface area contributed by atoms with Gasteiger partial charge in [0.1, 0.15) is 0 Å². The van der Waals surface area contributed by atoms with Crippen molar-refractivity contribution in [1.29, 1.82) is 0 Å². The molecule has 0 spiro atoms. The zero-order valence-electron chi connectivity index (χ0n) is 10.4. The predicted molar refractivity (Wildman–Crippen MR) is 87.0 cm³/mol. The lowest BCUT2D eigenvalue weighted by molar-refractivity contribution is 0.0892. The molecule has 106 valence electrons. The number of rotatable bonds is 2. The summed E-state index contributed by atoms with van der Waals surface area (Å²) in [5.74, 6) is 0. The Kier molecular flexibility index (Phi) is 4.27. The quantitative estimate of drug-likeness (QED) is 0.597. The van der Waals surface area contributed by atoms with Gasteiger partial charge in [0.2, 0.25) is 0 Å². The van der Waals surface area contributed by atoms with Gasteiger partial charge in [0.05, 0.1) is 48.4 Å². The van der Waals surface area contributed by atoms with Gasteiger partial charge in [0.25, 0.3) is 0 Å². The minimum Gasteiger partial charge on any atom is -0.246 e. The average molecular weight is 468 g/mol. The van der Waals surface area contributed by atoms with Crippen LogP contribution in [0.2, 0.25) is 0 Å². The zero-order valence-corrected chi connectivity index (χ0v) is 15.1. The molecule has 20 heavy (non-hydrogen) atoms. The molecular formula is C12H10Br3N3O2. The number of carbonyl (C=O) groups excluding carboxylic acids is 2. The van der Waals surface area contributed by atoms with Crippen molar-refractivity contribution in [3.05, 3.63) is 42.0 Å². The third-order valence-corrected chi connectivity index (χ3v) is 5.72. The van der Waals surface area contributed by atoms with Crippen molar-refractivity contribution in [2.45, 2.75) is 12.6 Å². The Morgan fingerprint density at radius 2 is 1.50 bits per heavy atom. The van der Waals surface area contributed by atoms with Crippen molar-refractivity contribution in [3.63, 3.8) is 0 Å². The van der Waals surface area contributed by atoms with Gasteiger partial charge in [0, 0.05) is 0 Å². The van der Waals surface area contributed by atoms with Gasteiger partial charge in [-0.15, -0.1) is 0 Å². The van der Waals surface area contributed by atoms with Crippen LogP contribution in [0.1, 0.15) is 18.1 Å². The van der Waals surface area contributed by atoms with Gasteiger partial charge in [-0.2, -0.15) is 3.93 Å². The molecule has 1 heterocycles. The largest absolute Gasteiger partial charge is 0.350 e. The fraction of sp³-hybridized carbons (Fsp3) is 0.167. The molecular weight excluding hydrogens is 458 g/mol. The topological polar surface area (TPSA) is 43.9 Å². The number of hydrogen-bond donors (Lipinski definition) is 0. The fourth-order valence-electron chi connectivity index (χ4n) is 1.85. The third-order valence-electron chi connectivity index (χ3n) is 3.13. The lowest BCUT2D eigenvalue weighted by Crippen LogP contribution is -2.62. The van der Waals surface area contributed by atoms with Crippen molar-refractivity contribution in [3.8, 4) is 0 Å². The molecule has 1 saturated heterocycles. The molecule has 0 atom stereocenters. The van der Waals surface area contributed by atoms with E-state index in [-0.39, 0.29) is 0 Å². The molecule has 1 aliphatic rings. The van der Waals surface area contributed by atoms with E-state index in [9.17, 15) is 9.59 Å². The summed E-state index contributed by atoms with van der Waals surface area (Å²) in [6.45, 7) is 5.44. The molecule has 0 radical (unpaired) electrons. The number of hydrogen-bond acceptors (Lipinski definition) is 2. The van der Waals surface area contributed by atoms with Crippen molar-refractivity contribution >= 4 is 66.6 Å². The molecule has 0 aliphatic carbocycles. The van der Waals surface area contributed by atoms with E-state index in [1.807, 2.05) is 24.3 Å². The second-order valence-electron chi connectivity index (χ2n) is 4.25. The van der Waals surface area contributed by atoms with Crippen LogP contribution in [0, 0.1) is 0 Å². The van der Waals surface area contributed by atoms with E-state index in [1.165, 1.54) is 7.85 Å². The first-order chi connectivity index (χ1) is 9.33. The first kappa shape index (κ1) is 15.5. The van der Waals surface area contributed by atoms with Gasteiger partial charge in [0.15, 0.2) is 5.66 Å². The average Bonchev–Trinajstić information content (AvgIpc) is 2.49. The summed E-state index contributed by atoms with van der Waals surface area (Å²) in [6, 6.07) is 6.38. The molecule has 0 N–H and O–H groups in total. The minimum absolute atomic E-state index is 0.513. The Bertz CT molecular complexity index is 554. The van der Waals surface area contributed by atoms with Crippen molar-refractivity contribution in [1.82, 2.24) is 11.8 Å². The molecule has 1 fully saturated rings. The molecule has 5 nitrogen and oxygen atoms in total. The van der Waals surface area contributed by atoms with E-state index in [4.69, 9.17) is 0 Å². The Labute approximate surface area is 142 Å². The van der Waals surface area contributed by atoms with E-state index >= 15 is 0 Å². The number of nitrogens with zero attached hydrogens (tertiary/aromatic N) is 3. The summed E-state index contributed by atoms with van der Waals surface area (Å²) in [7, 11) is 0.